The molecular formula is C20H23N3O4S2. The molecule has 1 heterocycles. The molecule has 0 saturated carbocycles. The lowest BCUT2D eigenvalue weighted by Gasteiger charge is -2.22. The number of aromatic nitrogens is 1. The predicted octanol–water partition coefficient (Wildman–Crippen LogP) is 3.12. The van der Waals surface area contributed by atoms with Crippen molar-refractivity contribution in [2.75, 3.05) is 31.4 Å². The van der Waals surface area contributed by atoms with Crippen LogP contribution in [-0.4, -0.2) is 50.1 Å². The highest BCUT2D eigenvalue weighted by Crippen LogP contribution is 2.35. The first kappa shape index (κ1) is 21.2. The van der Waals surface area contributed by atoms with Gasteiger partial charge >= 0.3 is 0 Å². The number of sulfonamides is 1. The zero-order chi connectivity index (χ0) is 21.0. The Kier molecular flexibility index (Phi) is 6.51. The van der Waals surface area contributed by atoms with Crippen LogP contribution >= 0.6 is 11.3 Å². The first-order valence-electron chi connectivity index (χ1n) is 9.07. The minimum atomic E-state index is -3.48. The predicted molar refractivity (Wildman–Crippen MR) is 116 cm³/mol. The van der Waals surface area contributed by atoms with Gasteiger partial charge < -0.3 is 4.74 Å². The monoisotopic (exact) mass is 433 g/mol. The summed E-state index contributed by atoms with van der Waals surface area (Å²) in [5, 5.41) is 0.503. The summed E-state index contributed by atoms with van der Waals surface area (Å²) in [6, 6.07) is 15.2. The highest BCUT2D eigenvalue weighted by molar-refractivity contribution is 7.88. The van der Waals surface area contributed by atoms with E-state index in [4.69, 9.17) is 4.74 Å². The summed E-state index contributed by atoms with van der Waals surface area (Å²) in [5.41, 5.74) is 1.61. The molecule has 0 unspecified atom stereocenters. The third-order valence-electron chi connectivity index (χ3n) is 4.31. The number of carbonyl (C=O) groups excluding carboxylic acids is 1. The lowest BCUT2D eigenvalue weighted by Crippen LogP contribution is -2.40. The van der Waals surface area contributed by atoms with Gasteiger partial charge in [0.2, 0.25) is 15.9 Å². The number of fused-ring (bicyclic) bond motifs is 1. The summed E-state index contributed by atoms with van der Waals surface area (Å²) in [4.78, 5) is 19.2. The van der Waals surface area contributed by atoms with Crippen molar-refractivity contribution in [3.63, 3.8) is 0 Å². The minimum absolute atomic E-state index is 0.264. The largest absolute Gasteiger partial charge is 0.492 e. The van der Waals surface area contributed by atoms with E-state index in [1.165, 1.54) is 23.3 Å². The van der Waals surface area contributed by atoms with Gasteiger partial charge in [0, 0.05) is 7.05 Å². The fourth-order valence-corrected chi connectivity index (χ4v) is 4.07. The van der Waals surface area contributed by atoms with Crippen molar-refractivity contribution in [2.45, 2.75) is 13.5 Å². The van der Waals surface area contributed by atoms with Gasteiger partial charge in [0.25, 0.3) is 0 Å². The number of hydrogen-bond donors (Lipinski definition) is 0. The number of carbonyl (C=O) groups is 1. The standard InChI is InChI=1S/C20H23N3O4S2/c1-4-27-16-11-8-12-17-19(16)21-20(28-17)23(13-15-9-6-5-7-10-15)18(24)14-22(2)29(3,25)26/h5-12H,4,13-14H2,1-3H3. The summed E-state index contributed by atoms with van der Waals surface area (Å²) in [6.07, 6.45) is 1.08. The third-order valence-corrected chi connectivity index (χ3v) is 6.62. The van der Waals surface area contributed by atoms with Crippen LogP contribution in [0.3, 0.4) is 0 Å². The number of hydrogen-bond acceptors (Lipinski definition) is 6. The Morgan fingerprint density at radius 1 is 1.14 bits per heavy atom. The Labute approximate surface area is 174 Å². The molecule has 0 atom stereocenters. The Hall–Kier alpha value is -2.49. The maximum absolute atomic E-state index is 13.0. The van der Waals surface area contributed by atoms with E-state index in [2.05, 4.69) is 4.98 Å². The highest BCUT2D eigenvalue weighted by Gasteiger charge is 2.24. The second-order valence-electron chi connectivity index (χ2n) is 6.52. The van der Waals surface area contributed by atoms with Gasteiger partial charge in [-0.2, -0.15) is 4.31 Å². The Morgan fingerprint density at radius 2 is 1.86 bits per heavy atom. The second-order valence-corrected chi connectivity index (χ2v) is 9.62. The molecule has 7 nitrogen and oxygen atoms in total. The average Bonchev–Trinajstić information content (AvgIpc) is 3.11. The molecule has 0 aliphatic carbocycles. The van der Waals surface area contributed by atoms with Gasteiger partial charge in [-0.25, -0.2) is 13.4 Å². The molecule has 1 aromatic heterocycles. The van der Waals surface area contributed by atoms with Crippen LogP contribution in [0.25, 0.3) is 10.2 Å². The van der Waals surface area contributed by atoms with E-state index in [-0.39, 0.29) is 12.5 Å². The van der Waals surface area contributed by atoms with Crippen molar-refractivity contribution in [3.05, 3.63) is 54.1 Å². The number of para-hydroxylation sites is 1. The summed E-state index contributed by atoms with van der Waals surface area (Å²) < 4.78 is 31.1. The summed E-state index contributed by atoms with van der Waals surface area (Å²) in [6.45, 7) is 2.44. The number of amides is 1. The molecule has 3 aromatic rings. The topological polar surface area (TPSA) is 79.8 Å². The average molecular weight is 434 g/mol. The van der Waals surface area contributed by atoms with E-state index in [1.807, 2.05) is 55.5 Å². The number of ether oxygens (including phenoxy) is 1. The van der Waals surface area contributed by atoms with E-state index in [9.17, 15) is 13.2 Å². The van der Waals surface area contributed by atoms with Crippen LogP contribution in [0.1, 0.15) is 12.5 Å². The molecular weight excluding hydrogens is 410 g/mol. The number of anilines is 1. The maximum Gasteiger partial charge on any atom is 0.244 e. The Balaban J connectivity index is 1.99. The number of thiazole rings is 1. The van der Waals surface area contributed by atoms with Crippen molar-refractivity contribution in [1.29, 1.82) is 0 Å². The van der Waals surface area contributed by atoms with Gasteiger partial charge in [0.1, 0.15) is 11.3 Å². The van der Waals surface area contributed by atoms with Crippen molar-refractivity contribution in [2.24, 2.45) is 0 Å². The SMILES string of the molecule is CCOc1cccc2sc(N(Cc3ccccc3)C(=O)CN(C)S(C)(=O)=O)nc12. The normalized spacial score (nSPS) is 11.7. The van der Waals surface area contributed by atoms with Crippen molar-refractivity contribution in [1.82, 2.24) is 9.29 Å². The zero-order valence-electron chi connectivity index (χ0n) is 16.5. The van der Waals surface area contributed by atoms with Crippen LogP contribution in [-0.2, 0) is 21.4 Å². The fourth-order valence-electron chi connectivity index (χ4n) is 2.72. The lowest BCUT2D eigenvalue weighted by atomic mass is 10.2. The molecule has 0 spiro atoms. The summed E-state index contributed by atoms with van der Waals surface area (Å²) >= 11 is 1.37. The van der Waals surface area contributed by atoms with Crippen molar-refractivity contribution >= 4 is 42.6 Å². The third kappa shape index (κ3) is 5.11. The zero-order valence-corrected chi connectivity index (χ0v) is 18.2. The van der Waals surface area contributed by atoms with E-state index in [1.54, 1.807) is 0 Å². The molecule has 3 rings (SSSR count). The second kappa shape index (κ2) is 8.89. The molecule has 0 aliphatic heterocycles. The van der Waals surface area contributed by atoms with Gasteiger partial charge in [-0.1, -0.05) is 47.7 Å². The fraction of sp³-hybridized carbons (Fsp3) is 0.300. The maximum atomic E-state index is 13.0. The summed E-state index contributed by atoms with van der Waals surface area (Å²) in [5.74, 6) is 0.312. The van der Waals surface area contributed by atoms with Gasteiger partial charge in [-0.15, -0.1) is 0 Å². The first-order chi connectivity index (χ1) is 13.8. The van der Waals surface area contributed by atoms with Gasteiger partial charge in [0.15, 0.2) is 5.13 Å². The van der Waals surface area contributed by atoms with E-state index < -0.39 is 10.0 Å². The minimum Gasteiger partial charge on any atom is -0.492 e. The molecule has 0 radical (unpaired) electrons. The molecule has 0 N–H and O–H groups in total. The van der Waals surface area contributed by atoms with Crippen LogP contribution in [0.5, 0.6) is 5.75 Å². The molecule has 9 heteroatoms. The summed E-state index contributed by atoms with van der Waals surface area (Å²) in [7, 11) is -2.09. The molecule has 1 amide bonds. The van der Waals surface area contributed by atoms with E-state index in [0.717, 1.165) is 20.8 Å². The highest BCUT2D eigenvalue weighted by atomic mass is 32.2. The smallest absolute Gasteiger partial charge is 0.244 e. The Morgan fingerprint density at radius 3 is 2.52 bits per heavy atom. The van der Waals surface area contributed by atoms with Crippen molar-refractivity contribution < 1.29 is 17.9 Å². The molecule has 0 aliphatic rings. The van der Waals surface area contributed by atoms with E-state index >= 15 is 0 Å². The quantitative estimate of drug-likeness (QED) is 0.545. The first-order valence-corrected chi connectivity index (χ1v) is 11.7. The molecule has 0 fully saturated rings. The van der Waals surface area contributed by atoms with Gasteiger partial charge in [-0.3, -0.25) is 9.69 Å². The van der Waals surface area contributed by atoms with Crippen LogP contribution in [0.15, 0.2) is 48.5 Å². The van der Waals surface area contributed by atoms with Gasteiger partial charge in [-0.05, 0) is 24.6 Å². The van der Waals surface area contributed by atoms with Crippen LogP contribution in [0.2, 0.25) is 0 Å². The molecule has 154 valence electrons. The van der Waals surface area contributed by atoms with Gasteiger partial charge in [0.05, 0.1) is 30.7 Å². The molecule has 2 aromatic carbocycles. The lowest BCUT2D eigenvalue weighted by molar-refractivity contribution is -0.118. The Bertz CT molecular complexity index is 1100. The molecule has 0 saturated heterocycles. The number of likely N-dealkylation sites (N-methyl/N-ethyl adjacent to an activating group) is 1. The molecule has 29 heavy (non-hydrogen) atoms. The van der Waals surface area contributed by atoms with E-state index in [0.29, 0.717) is 29.5 Å². The number of nitrogens with zero attached hydrogens (tertiary/aromatic N) is 3. The number of benzene rings is 2. The number of rotatable bonds is 8. The van der Waals surface area contributed by atoms with Crippen molar-refractivity contribution in [3.8, 4) is 5.75 Å². The van der Waals surface area contributed by atoms with Crippen LogP contribution in [0, 0.1) is 0 Å². The van der Waals surface area contributed by atoms with Crippen LogP contribution in [0.4, 0.5) is 5.13 Å². The van der Waals surface area contributed by atoms with Crippen LogP contribution < -0.4 is 9.64 Å². The molecule has 0 bridgehead atoms.